The molecule has 0 amide bonds. The number of hydrogen-bond acceptors (Lipinski definition) is 2. The van der Waals surface area contributed by atoms with Gasteiger partial charge in [-0.25, -0.2) is 4.68 Å². The van der Waals surface area contributed by atoms with Crippen molar-refractivity contribution in [3.63, 3.8) is 0 Å². The van der Waals surface area contributed by atoms with E-state index in [9.17, 15) is 0 Å². The van der Waals surface area contributed by atoms with Crippen molar-refractivity contribution in [1.29, 1.82) is 0 Å². The molecule has 0 aliphatic rings. The van der Waals surface area contributed by atoms with Gasteiger partial charge in [0.25, 0.3) is 0 Å². The SMILES string of the molecule is C#CCCOc1ccnn1C. The van der Waals surface area contributed by atoms with Gasteiger partial charge in [-0.3, -0.25) is 0 Å². The minimum absolute atomic E-state index is 0.552. The summed E-state index contributed by atoms with van der Waals surface area (Å²) in [5.74, 6) is 3.25. The van der Waals surface area contributed by atoms with Crippen LogP contribution in [0.25, 0.3) is 0 Å². The monoisotopic (exact) mass is 150 g/mol. The van der Waals surface area contributed by atoms with E-state index in [0.29, 0.717) is 13.0 Å². The van der Waals surface area contributed by atoms with E-state index >= 15 is 0 Å². The Kier molecular flexibility index (Phi) is 2.56. The van der Waals surface area contributed by atoms with Crippen LogP contribution >= 0.6 is 0 Å². The number of aromatic nitrogens is 2. The third-order valence-corrected chi connectivity index (χ3v) is 1.27. The third-order valence-electron chi connectivity index (χ3n) is 1.27. The molecule has 0 N–H and O–H groups in total. The van der Waals surface area contributed by atoms with Crippen molar-refractivity contribution in [3.05, 3.63) is 12.3 Å². The Morgan fingerprint density at radius 2 is 2.64 bits per heavy atom. The van der Waals surface area contributed by atoms with Crippen LogP contribution in [0.2, 0.25) is 0 Å². The van der Waals surface area contributed by atoms with Crippen molar-refractivity contribution < 1.29 is 4.74 Å². The summed E-state index contributed by atoms with van der Waals surface area (Å²) in [7, 11) is 1.82. The Labute approximate surface area is 66.0 Å². The van der Waals surface area contributed by atoms with Gasteiger partial charge >= 0.3 is 0 Å². The highest BCUT2D eigenvalue weighted by Crippen LogP contribution is 2.06. The predicted molar refractivity (Wildman–Crippen MR) is 42.2 cm³/mol. The molecule has 0 bridgehead atoms. The van der Waals surface area contributed by atoms with E-state index in [0.717, 1.165) is 5.88 Å². The fourth-order valence-electron chi connectivity index (χ4n) is 0.718. The number of nitrogens with zero attached hydrogens (tertiary/aromatic N) is 2. The van der Waals surface area contributed by atoms with Gasteiger partial charge in [0.15, 0.2) is 0 Å². The molecular formula is C8H10N2O. The summed E-state index contributed by atoms with van der Waals surface area (Å²) in [6, 6.07) is 1.80. The first-order chi connectivity index (χ1) is 5.34. The Morgan fingerprint density at radius 1 is 1.82 bits per heavy atom. The molecule has 0 aromatic carbocycles. The Morgan fingerprint density at radius 3 is 3.18 bits per heavy atom. The fraction of sp³-hybridized carbons (Fsp3) is 0.375. The van der Waals surface area contributed by atoms with Crippen LogP contribution in [0.5, 0.6) is 5.88 Å². The molecule has 0 unspecified atom stereocenters. The largest absolute Gasteiger partial charge is 0.477 e. The van der Waals surface area contributed by atoms with Crippen LogP contribution in [0, 0.1) is 12.3 Å². The summed E-state index contributed by atoms with van der Waals surface area (Å²) in [5, 5.41) is 3.94. The topological polar surface area (TPSA) is 27.1 Å². The van der Waals surface area contributed by atoms with Gasteiger partial charge in [0.1, 0.15) is 6.61 Å². The molecule has 3 nitrogen and oxygen atoms in total. The lowest BCUT2D eigenvalue weighted by Crippen LogP contribution is -2.01. The normalized spacial score (nSPS) is 9.09. The maximum absolute atomic E-state index is 5.28. The minimum Gasteiger partial charge on any atom is -0.477 e. The van der Waals surface area contributed by atoms with Crippen LogP contribution in [-0.2, 0) is 7.05 Å². The van der Waals surface area contributed by atoms with Crippen LogP contribution in [0.4, 0.5) is 0 Å². The molecule has 0 fully saturated rings. The quantitative estimate of drug-likeness (QED) is 0.471. The average Bonchev–Trinajstić information content (AvgIpc) is 2.37. The van der Waals surface area contributed by atoms with Crippen molar-refractivity contribution >= 4 is 0 Å². The lowest BCUT2D eigenvalue weighted by atomic mass is 10.5. The number of rotatable bonds is 3. The first-order valence-electron chi connectivity index (χ1n) is 3.39. The summed E-state index contributed by atoms with van der Waals surface area (Å²) in [6.45, 7) is 0.552. The van der Waals surface area contributed by atoms with Gasteiger partial charge in [0.2, 0.25) is 5.88 Å². The Hall–Kier alpha value is -1.43. The van der Waals surface area contributed by atoms with E-state index in [1.165, 1.54) is 0 Å². The summed E-state index contributed by atoms with van der Waals surface area (Å²) < 4.78 is 6.94. The molecule has 0 radical (unpaired) electrons. The molecule has 0 saturated heterocycles. The van der Waals surface area contributed by atoms with Gasteiger partial charge in [0.05, 0.1) is 6.20 Å². The maximum atomic E-state index is 5.28. The predicted octanol–water partition coefficient (Wildman–Crippen LogP) is 0.822. The molecular weight excluding hydrogens is 140 g/mol. The van der Waals surface area contributed by atoms with Gasteiger partial charge in [-0.05, 0) is 0 Å². The summed E-state index contributed by atoms with van der Waals surface area (Å²) in [5.41, 5.74) is 0. The highest BCUT2D eigenvalue weighted by Gasteiger charge is 1.95. The van der Waals surface area contributed by atoms with E-state index < -0.39 is 0 Å². The van der Waals surface area contributed by atoms with Crippen LogP contribution in [0.1, 0.15) is 6.42 Å². The second kappa shape index (κ2) is 3.67. The molecule has 11 heavy (non-hydrogen) atoms. The van der Waals surface area contributed by atoms with Gasteiger partial charge in [-0.2, -0.15) is 5.10 Å². The Bertz CT molecular complexity index is 259. The van der Waals surface area contributed by atoms with Gasteiger partial charge in [-0.1, -0.05) is 0 Å². The summed E-state index contributed by atoms with van der Waals surface area (Å²) in [6.07, 6.45) is 7.37. The molecule has 1 rings (SSSR count). The van der Waals surface area contributed by atoms with E-state index in [4.69, 9.17) is 11.2 Å². The van der Waals surface area contributed by atoms with Crippen molar-refractivity contribution in [2.45, 2.75) is 6.42 Å². The summed E-state index contributed by atoms with van der Waals surface area (Å²) >= 11 is 0. The van der Waals surface area contributed by atoms with Crippen molar-refractivity contribution in [1.82, 2.24) is 9.78 Å². The molecule has 58 valence electrons. The van der Waals surface area contributed by atoms with E-state index in [2.05, 4.69) is 11.0 Å². The van der Waals surface area contributed by atoms with Gasteiger partial charge < -0.3 is 4.74 Å². The van der Waals surface area contributed by atoms with Crippen LogP contribution in [0.3, 0.4) is 0 Å². The van der Waals surface area contributed by atoms with Crippen LogP contribution in [-0.4, -0.2) is 16.4 Å². The molecule has 1 heterocycles. The second-order valence-electron chi connectivity index (χ2n) is 2.10. The third kappa shape index (κ3) is 2.01. The molecule has 3 heteroatoms. The second-order valence-corrected chi connectivity index (χ2v) is 2.10. The highest BCUT2D eigenvalue weighted by molar-refractivity contribution is 5.06. The smallest absolute Gasteiger partial charge is 0.211 e. The molecule has 0 atom stereocenters. The van der Waals surface area contributed by atoms with Crippen LogP contribution < -0.4 is 4.74 Å². The summed E-state index contributed by atoms with van der Waals surface area (Å²) in [4.78, 5) is 0. The molecule has 0 saturated carbocycles. The van der Waals surface area contributed by atoms with Gasteiger partial charge in [-0.15, -0.1) is 12.3 Å². The number of aryl methyl sites for hydroxylation is 1. The molecule has 1 aromatic heterocycles. The standard InChI is InChI=1S/C8H10N2O/c1-3-4-7-11-8-5-6-9-10(8)2/h1,5-6H,4,7H2,2H3. The zero-order chi connectivity index (χ0) is 8.10. The van der Waals surface area contributed by atoms with Crippen LogP contribution in [0.15, 0.2) is 12.3 Å². The fourth-order valence-corrected chi connectivity index (χ4v) is 0.718. The van der Waals surface area contributed by atoms with E-state index in [1.807, 2.05) is 7.05 Å². The lowest BCUT2D eigenvalue weighted by molar-refractivity contribution is 0.298. The molecule has 0 aliphatic carbocycles. The van der Waals surface area contributed by atoms with E-state index in [-0.39, 0.29) is 0 Å². The number of terminal acetylenes is 1. The first-order valence-corrected chi connectivity index (χ1v) is 3.39. The first kappa shape index (κ1) is 7.67. The average molecular weight is 150 g/mol. The van der Waals surface area contributed by atoms with Gasteiger partial charge in [0, 0.05) is 19.5 Å². The molecule has 1 aromatic rings. The molecule has 0 spiro atoms. The minimum atomic E-state index is 0.552. The number of hydrogen-bond donors (Lipinski definition) is 0. The Balaban J connectivity index is 2.40. The number of ether oxygens (including phenoxy) is 1. The molecule has 0 aliphatic heterocycles. The highest BCUT2D eigenvalue weighted by atomic mass is 16.5. The van der Waals surface area contributed by atoms with Crippen molar-refractivity contribution in [2.24, 2.45) is 7.05 Å². The maximum Gasteiger partial charge on any atom is 0.211 e. The van der Waals surface area contributed by atoms with Crippen molar-refractivity contribution in [2.75, 3.05) is 6.61 Å². The lowest BCUT2D eigenvalue weighted by Gasteiger charge is -2.02. The van der Waals surface area contributed by atoms with E-state index in [1.54, 1.807) is 16.9 Å². The zero-order valence-electron chi connectivity index (χ0n) is 6.45. The van der Waals surface area contributed by atoms with Crippen molar-refractivity contribution in [3.8, 4) is 18.2 Å². The zero-order valence-corrected chi connectivity index (χ0v) is 6.45.